The van der Waals surface area contributed by atoms with E-state index in [9.17, 15) is 19.2 Å². The van der Waals surface area contributed by atoms with Crippen LogP contribution in [0.4, 0.5) is 4.79 Å². The van der Waals surface area contributed by atoms with Gasteiger partial charge in [-0.15, -0.1) is 0 Å². The minimum atomic E-state index is -1.04. The van der Waals surface area contributed by atoms with Crippen molar-refractivity contribution < 1.29 is 38.5 Å². The highest BCUT2D eigenvalue weighted by molar-refractivity contribution is 9.10. The Morgan fingerprint density at radius 1 is 1.17 bits per heavy atom. The molecule has 2 aromatic rings. The number of carbonyl (C=O) groups is 4. The van der Waals surface area contributed by atoms with E-state index in [4.69, 9.17) is 14.6 Å². The number of hydrogen-bond donors (Lipinski definition) is 1. The van der Waals surface area contributed by atoms with Crippen molar-refractivity contribution in [2.45, 2.75) is 26.5 Å². The Hall–Kier alpha value is -3.31. The van der Waals surface area contributed by atoms with Crippen LogP contribution < -0.4 is 9.47 Å². The molecule has 0 radical (unpaired) electrons. The van der Waals surface area contributed by atoms with E-state index < -0.39 is 29.1 Å². The maximum Gasteiger partial charge on any atom is 0.335 e. The fourth-order valence-electron chi connectivity index (χ4n) is 3.21. The second-order valence-corrected chi connectivity index (χ2v) is 9.15. The van der Waals surface area contributed by atoms with Crippen LogP contribution in [0.5, 0.6) is 11.5 Å². The van der Waals surface area contributed by atoms with E-state index in [-0.39, 0.29) is 17.1 Å². The standard InChI is InChI=1S/C24H22BrNO8S/c1-4-33-18-10-15(11-19-21(27)26(24(31)35-19)13(2)23(30)32-3)9-17(25)20(18)34-12-14-5-7-16(8-6-14)22(28)29/h5-11,13H,4,12H2,1-3H3,(H,28,29)/b19-11+/t13-/m0/s1. The average Bonchev–Trinajstić information content (AvgIpc) is 3.10. The monoisotopic (exact) mass is 563 g/mol. The molecule has 35 heavy (non-hydrogen) atoms. The molecule has 0 spiro atoms. The first-order valence-corrected chi connectivity index (χ1v) is 12.0. The normalized spacial score (nSPS) is 15.3. The molecule has 1 N–H and O–H groups in total. The molecule has 1 fully saturated rings. The summed E-state index contributed by atoms with van der Waals surface area (Å²) < 4.78 is 16.8. The lowest BCUT2D eigenvalue weighted by molar-refractivity contribution is -0.148. The van der Waals surface area contributed by atoms with Gasteiger partial charge >= 0.3 is 11.9 Å². The lowest BCUT2D eigenvalue weighted by atomic mass is 10.1. The summed E-state index contributed by atoms with van der Waals surface area (Å²) in [5.74, 6) is -1.44. The predicted molar refractivity (Wildman–Crippen MR) is 132 cm³/mol. The summed E-state index contributed by atoms with van der Waals surface area (Å²) in [7, 11) is 1.19. The molecular formula is C24H22BrNO8S. The van der Waals surface area contributed by atoms with Crippen molar-refractivity contribution in [3.8, 4) is 11.5 Å². The molecule has 1 saturated heterocycles. The Bertz CT molecular complexity index is 1190. The van der Waals surface area contributed by atoms with E-state index in [0.717, 1.165) is 22.2 Å². The molecule has 1 aliphatic heterocycles. The summed E-state index contributed by atoms with van der Waals surface area (Å²) >= 11 is 4.20. The van der Waals surface area contributed by atoms with Crippen LogP contribution in [0.2, 0.25) is 0 Å². The maximum atomic E-state index is 12.8. The van der Waals surface area contributed by atoms with Crippen molar-refractivity contribution in [2.75, 3.05) is 13.7 Å². The van der Waals surface area contributed by atoms with Crippen LogP contribution >= 0.6 is 27.7 Å². The Labute approximate surface area is 214 Å². The third kappa shape index (κ3) is 6.04. The van der Waals surface area contributed by atoms with E-state index in [1.54, 1.807) is 24.3 Å². The number of halogens is 1. The van der Waals surface area contributed by atoms with E-state index >= 15 is 0 Å². The molecule has 1 atom stereocenters. The highest BCUT2D eigenvalue weighted by atomic mass is 79.9. The smallest absolute Gasteiger partial charge is 0.335 e. The number of hydrogen-bond acceptors (Lipinski definition) is 8. The fraction of sp³-hybridized carbons (Fsp3) is 0.250. The molecule has 0 aliphatic carbocycles. The number of nitrogens with zero attached hydrogens (tertiary/aromatic N) is 1. The Kier molecular flexibility index (Phi) is 8.57. The van der Waals surface area contributed by atoms with Crippen molar-refractivity contribution in [3.63, 3.8) is 0 Å². The second-order valence-electron chi connectivity index (χ2n) is 7.30. The minimum Gasteiger partial charge on any atom is -0.490 e. The third-order valence-corrected chi connectivity index (χ3v) is 6.44. The van der Waals surface area contributed by atoms with Crippen molar-refractivity contribution in [2.24, 2.45) is 0 Å². The Morgan fingerprint density at radius 2 is 1.86 bits per heavy atom. The van der Waals surface area contributed by atoms with Gasteiger partial charge in [0.05, 0.1) is 28.7 Å². The number of carbonyl (C=O) groups excluding carboxylic acids is 3. The SMILES string of the molecule is CCOc1cc(/C=C2/SC(=O)N([C@@H](C)C(=O)OC)C2=O)cc(Br)c1OCc1ccc(C(=O)O)cc1. The van der Waals surface area contributed by atoms with Crippen LogP contribution in [0, 0.1) is 0 Å². The van der Waals surface area contributed by atoms with Gasteiger partial charge in [0, 0.05) is 0 Å². The minimum absolute atomic E-state index is 0.160. The molecule has 0 unspecified atom stereocenters. The molecule has 2 aromatic carbocycles. The molecule has 0 aromatic heterocycles. The van der Waals surface area contributed by atoms with E-state index in [2.05, 4.69) is 20.7 Å². The number of benzene rings is 2. The third-order valence-electron chi connectivity index (χ3n) is 4.97. The summed E-state index contributed by atoms with van der Waals surface area (Å²) in [6.07, 6.45) is 1.54. The van der Waals surface area contributed by atoms with Crippen molar-refractivity contribution in [1.82, 2.24) is 4.90 Å². The number of methoxy groups -OCH3 is 1. The van der Waals surface area contributed by atoms with Crippen LogP contribution in [0.1, 0.15) is 35.3 Å². The number of aromatic carboxylic acids is 1. The number of rotatable bonds is 9. The Morgan fingerprint density at radius 3 is 2.46 bits per heavy atom. The topological polar surface area (TPSA) is 119 Å². The first-order valence-electron chi connectivity index (χ1n) is 10.4. The first kappa shape index (κ1) is 26.3. The van der Waals surface area contributed by atoms with Crippen LogP contribution in [-0.2, 0) is 20.9 Å². The van der Waals surface area contributed by atoms with Gasteiger partial charge in [0.1, 0.15) is 12.6 Å². The number of esters is 1. The van der Waals surface area contributed by atoms with Gasteiger partial charge < -0.3 is 19.3 Å². The summed E-state index contributed by atoms with van der Waals surface area (Å²) in [6, 6.07) is 8.67. The second kappa shape index (κ2) is 11.4. The molecule has 184 valence electrons. The summed E-state index contributed by atoms with van der Waals surface area (Å²) in [6.45, 7) is 3.76. The van der Waals surface area contributed by atoms with Crippen molar-refractivity contribution in [3.05, 3.63) is 62.5 Å². The molecule has 9 nitrogen and oxygen atoms in total. The highest BCUT2D eigenvalue weighted by Gasteiger charge is 2.41. The summed E-state index contributed by atoms with van der Waals surface area (Å²) in [5, 5.41) is 8.47. The molecular weight excluding hydrogens is 542 g/mol. The maximum absolute atomic E-state index is 12.8. The number of thioether (sulfide) groups is 1. The predicted octanol–water partition coefficient (Wildman–Crippen LogP) is 4.72. The van der Waals surface area contributed by atoms with Gasteiger partial charge in [-0.1, -0.05) is 12.1 Å². The molecule has 2 amide bonds. The quantitative estimate of drug-likeness (QED) is 0.341. The van der Waals surface area contributed by atoms with Gasteiger partial charge in [-0.05, 0) is 83.0 Å². The number of ether oxygens (including phenoxy) is 3. The zero-order valence-electron chi connectivity index (χ0n) is 19.1. The lowest BCUT2D eigenvalue weighted by Gasteiger charge is -2.18. The number of carboxylic acid groups (broad SMARTS) is 1. The summed E-state index contributed by atoms with van der Waals surface area (Å²) in [4.78, 5) is 49.0. The largest absolute Gasteiger partial charge is 0.490 e. The van der Waals surface area contributed by atoms with Gasteiger partial charge in [-0.3, -0.25) is 14.5 Å². The van der Waals surface area contributed by atoms with Gasteiger partial charge in [-0.25, -0.2) is 9.59 Å². The molecule has 3 rings (SSSR count). The van der Waals surface area contributed by atoms with Gasteiger partial charge in [0.15, 0.2) is 11.5 Å². The van der Waals surface area contributed by atoms with E-state index in [1.807, 2.05) is 6.92 Å². The van der Waals surface area contributed by atoms with Gasteiger partial charge in [0.2, 0.25) is 0 Å². The summed E-state index contributed by atoms with van der Waals surface area (Å²) in [5.41, 5.74) is 1.52. The zero-order valence-corrected chi connectivity index (χ0v) is 21.5. The van der Waals surface area contributed by atoms with Crippen LogP contribution in [0.15, 0.2) is 45.8 Å². The van der Waals surface area contributed by atoms with Crippen LogP contribution in [0.3, 0.4) is 0 Å². The zero-order chi connectivity index (χ0) is 25.7. The van der Waals surface area contributed by atoms with E-state index in [0.29, 0.717) is 28.1 Å². The average molecular weight is 564 g/mol. The molecule has 0 bridgehead atoms. The Balaban J connectivity index is 1.84. The highest BCUT2D eigenvalue weighted by Crippen LogP contribution is 2.40. The van der Waals surface area contributed by atoms with Crippen LogP contribution in [0.25, 0.3) is 6.08 Å². The van der Waals surface area contributed by atoms with Crippen LogP contribution in [-0.4, -0.2) is 52.8 Å². The molecule has 11 heteroatoms. The van der Waals surface area contributed by atoms with E-state index in [1.165, 1.54) is 32.2 Å². The first-order chi connectivity index (χ1) is 16.7. The number of amides is 2. The molecule has 1 aliphatic rings. The number of carboxylic acids is 1. The molecule has 0 saturated carbocycles. The fourth-order valence-corrected chi connectivity index (χ4v) is 4.70. The van der Waals surface area contributed by atoms with Gasteiger partial charge in [0.25, 0.3) is 11.1 Å². The van der Waals surface area contributed by atoms with Crippen molar-refractivity contribution in [1.29, 1.82) is 0 Å². The number of imide groups is 1. The molecule has 1 heterocycles. The lowest BCUT2D eigenvalue weighted by Crippen LogP contribution is -2.42. The van der Waals surface area contributed by atoms with Gasteiger partial charge in [-0.2, -0.15) is 0 Å². The van der Waals surface area contributed by atoms with Crippen molar-refractivity contribution >= 4 is 56.9 Å².